The van der Waals surface area contributed by atoms with Crippen LogP contribution < -0.4 is 0 Å². The molecule has 0 unspecified atom stereocenters. The molecule has 0 N–H and O–H groups in total. The molecule has 0 bridgehead atoms. The summed E-state index contributed by atoms with van der Waals surface area (Å²) in [6, 6.07) is 0. The summed E-state index contributed by atoms with van der Waals surface area (Å²) in [6.45, 7) is 9.15. The Labute approximate surface area is 90.0 Å². The van der Waals surface area contributed by atoms with Crippen molar-refractivity contribution in [1.29, 1.82) is 0 Å². The molecule has 2 heterocycles. The normalized spacial score (nSPS) is 27.2. The highest BCUT2D eigenvalue weighted by Gasteiger charge is 2.32. The van der Waals surface area contributed by atoms with Gasteiger partial charge in [0.05, 0.1) is 0 Å². The lowest BCUT2D eigenvalue weighted by molar-refractivity contribution is 0.0661. The van der Waals surface area contributed by atoms with Gasteiger partial charge in [-0.05, 0) is 12.3 Å². The maximum Gasteiger partial charge on any atom is 0.256 e. The van der Waals surface area contributed by atoms with E-state index in [1.54, 1.807) is 0 Å². The second-order valence-corrected chi connectivity index (χ2v) is 5.26. The van der Waals surface area contributed by atoms with Gasteiger partial charge in [0.15, 0.2) is 5.82 Å². The van der Waals surface area contributed by atoms with Crippen LogP contribution in [-0.2, 0) is 10.2 Å². The minimum absolute atomic E-state index is 0.00593. The summed E-state index contributed by atoms with van der Waals surface area (Å²) in [7, 11) is 0. The lowest BCUT2D eigenvalue weighted by Crippen LogP contribution is -2.14. The van der Waals surface area contributed by atoms with E-state index in [0.29, 0.717) is 11.8 Å². The maximum atomic E-state index is 5.58. The first-order chi connectivity index (χ1) is 6.98. The largest absolute Gasteiger partial charge is 0.368 e. The van der Waals surface area contributed by atoms with Gasteiger partial charge in [-0.3, -0.25) is 0 Å². The van der Waals surface area contributed by atoms with Gasteiger partial charge >= 0.3 is 0 Å². The van der Waals surface area contributed by atoms with E-state index in [4.69, 9.17) is 9.26 Å². The lowest BCUT2D eigenvalue weighted by atomic mass is 9.96. The predicted octanol–water partition coefficient (Wildman–Crippen LogP) is 2.46. The van der Waals surface area contributed by atoms with E-state index in [1.807, 2.05) is 0 Å². The molecule has 1 fully saturated rings. The summed E-state index contributed by atoms with van der Waals surface area (Å²) >= 11 is 0. The zero-order valence-corrected chi connectivity index (χ0v) is 9.78. The first kappa shape index (κ1) is 10.6. The predicted molar refractivity (Wildman–Crippen MR) is 55.5 cm³/mol. The van der Waals surface area contributed by atoms with E-state index in [2.05, 4.69) is 37.8 Å². The van der Waals surface area contributed by atoms with Crippen LogP contribution in [0.1, 0.15) is 51.9 Å². The zero-order chi connectivity index (χ0) is 11.1. The van der Waals surface area contributed by atoms with E-state index in [9.17, 15) is 0 Å². The molecular weight excluding hydrogens is 192 g/mol. The highest BCUT2D eigenvalue weighted by Crippen LogP contribution is 2.33. The van der Waals surface area contributed by atoms with E-state index in [1.165, 1.54) is 0 Å². The molecule has 4 heteroatoms. The second kappa shape index (κ2) is 3.59. The average molecular weight is 210 g/mol. The molecule has 15 heavy (non-hydrogen) atoms. The molecule has 1 aliphatic rings. The molecule has 1 aromatic heterocycles. The third-order valence-electron chi connectivity index (χ3n) is 2.74. The Kier molecular flexibility index (Phi) is 2.54. The van der Waals surface area contributed by atoms with Crippen molar-refractivity contribution in [2.75, 3.05) is 6.61 Å². The van der Waals surface area contributed by atoms with E-state index in [-0.39, 0.29) is 11.5 Å². The van der Waals surface area contributed by atoms with Gasteiger partial charge in [-0.2, -0.15) is 4.98 Å². The van der Waals surface area contributed by atoms with Gasteiger partial charge in [0.2, 0.25) is 0 Å². The number of rotatable bonds is 1. The summed E-state index contributed by atoms with van der Waals surface area (Å²) < 4.78 is 10.8. The molecule has 2 atom stereocenters. The Hall–Kier alpha value is -0.900. The Bertz CT molecular complexity index is 341. The molecule has 0 aromatic carbocycles. The van der Waals surface area contributed by atoms with Crippen molar-refractivity contribution in [3.05, 3.63) is 11.7 Å². The third-order valence-corrected chi connectivity index (χ3v) is 2.74. The first-order valence-corrected chi connectivity index (χ1v) is 5.44. The quantitative estimate of drug-likeness (QED) is 0.714. The van der Waals surface area contributed by atoms with Crippen molar-refractivity contribution in [3.8, 4) is 0 Å². The fourth-order valence-corrected chi connectivity index (χ4v) is 1.67. The van der Waals surface area contributed by atoms with Gasteiger partial charge in [-0.15, -0.1) is 0 Å². The molecule has 0 aliphatic carbocycles. The maximum absolute atomic E-state index is 5.58. The third kappa shape index (κ3) is 2.04. The Morgan fingerprint density at radius 1 is 1.33 bits per heavy atom. The van der Waals surface area contributed by atoms with Gasteiger partial charge in [-0.1, -0.05) is 32.9 Å². The van der Waals surface area contributed by atoms with Crippen LogP contribution in [0.4, 0.5) is 0 Å². The highest BCUT2D eigenvalue weighted by molar-refractivity contribution is 5.02. The van der Waals surface area contributed by atoms with Crippen LogP contribution in [0.15, 0.2) is 4.52 Å². The fourth-order valence-electron chi connectivity index (χ4n) is 1.67. The fraction of sp³-hybridized carbons (Fsp3) is 0.818. The number of aromatic nitrogens is 2. The average Bonchev–Trinajstić information content (AvgIpc) is 2.69. The summed E-state index contributed by atoms with van der Waals surface area (Å²) in [5.74, 6) is 1.85. The van der Waals surface area contributed by atoms with E-state index in [0.717, 1.165) is 18.9 Å². The number of hydrogen-bond acceptors (Lipinski definition) is 4. The van der Waals surface area contributed by atoms with Gasteiger partial charge in [-0.25, -0.2) is 0 Å². The van der Waals surface area contributed by atoms with Crippen molar-refractivity contribution >= 4 is 0 Å². The van der Waals surface area contributed by atoms with Crippen molar-refractivity contribution in [2.45, 2.75) is 45.6 Å². The molecule has 2 rings (SSSR count). The minimum Gasteiger partial charge on any atom is -0.368 e. The highest BCUT2D eigenvalue weighted by atomic mass is 16.5. The van der Waals surface area contributed by atoms with E-state index < -0.39 is 0 Å². The Balaban J connectivity index is 2.20. The zero-order valence-electron chi connectivity index (χ0n) is 9.78. The summed E-state index contributed by atoms with van der Waals surface area (Å²) in [5, 5.41) is 4.00. The smallest absolute Gasteiger partial charge is 0.256 e. The lowest BCUT2D eigenvalue weighted by Gasteiger charge is -2.11. The number of ether oxygens (including phenoxy) is 1. The summed E-state index contributed by atoms with van der Waals surface area (Å²) in [4.78, 5) is 4.41. The standard InChI is InChI=1S/C11H18N2O2/c1-7-5-6-14-8(7)9-12-10(13-15-9)11(2,3)4/h7-8H,5-6H2,1-4H3/t7-,8+/m0/s1. The molecule has 0 spiro atoms. The van der Waals surface area contributed by atoms with Crippen LogP contribution in [-0.4, -0.2) is 16.7 Å². The first-order valence-electron chi connectivity index (χ1n) is 5.44. The van der Waals surface area contributed by atoms with Crippen LogP contribution >= 0.6 is 0 Å². The van der Waals surface area contributed by atoms with Crippen molar-refractivity contribution in [1.82, 2.24) is 10.1 Å². The monoisotopic (exact) mass is 210 g/mol. The van der Waals surface area contributed by atoms with Gasteiger partial charge < -0.3 is 9.26 Å². The van der Waals surface area contributed by atoms with Crippen LogP contribution in [0, 0.1) is 5.92 Å². The number of hydrogen-bond donors (Lipinski definition) is 0. The van der Waals surface area contributed by atoms with Crippen molar-refractivity contribution < 1.29 is 9.26 Å². The SMILES string of the molecule is C[C@H]1CCO[C@H]1c1nc(C(C)(C)C)no1. The van der Waals surface area contributed by atoms with Crippen LogP contribution in [0.25, 0.3) is 0 Å². The van der Waals surface area contributed by atoms with Gasteiger partial charge in [0.25, 0.3) is 5.89 Å². The second-order valence-electron chi connectivity index (χ2n) is 5.26. The molecule has 84 valence electrons. The van der Waals surface area contributed by atoms with Gasteiger partial charge in [0, 0.05) is 12.0 Å². The summed E-state index contributed by atoms with van der Waals surface area (Å²) in [5.41, 5.74) is -0.0659. The topological polar surface area (TPSA) is 48.2 Å². The number of nitrogens with zero attached hydrogens (tertiary/aromatic N) is 2. The van der Waals surface area contributed by atoms with Crippen LogP contribution in [0.5, 0.6) is 0 Å². The molecular formula is C11H18N2O2. The van der Waals surface area contributed by atoms with Gasteiger partial charge in [0.1, 0.15) is 6.10 Å². The molecule has 1 aromatic rings. The van der Waals surface area contributed by atoms with Crippen molar-refractivity contribution in [2.24, 2.45) is 5.92 Å². The summed E-state index contributed by atoms with van der Waals surface area (Å²) in [6.07, 6.45) is 1.06. The van der Waals surface area contributed by atoms with E-state index >= 15 is 0 Å². The Morgan fingerprint density at radius 2 is 2.07 bits per heavy atom. The van der Waals surface area contributed by atoms with Crippen LogP contribution in [0.2, 0.25) is 0 Å². The van der Waals surface area contributed by atoms with Crippen LogP contribution in [0.3, 0.4) is 0 Å². The van der Waals surface area contributed by atoms with Crippen molar-refractivity contribution in [3.63, 3.8) is 0 Å². The molecule has 4 nitrogen and oxygen atoms in total. The molecule has 1 saturated heterocycles. The Morgan fingerprint density at radius 3 is 2.53 bits per heavy atom. The molecule has 0 saturated carbocycles. The minimum atomic E-state index is -0.0659. The molecule has 0 amide bonds. The molecule has 1 aliphatic heterocycles. The molecule has 0 radical (unpaired) electrons.